The fourth-order valence-electron chi connectivity index (χ4n) is 2.80. The fraction of sp³-hybridized carbons (Fsp3) is 0.538. The van der Waals surface area contributed by atoms with Crippen molar-refractivity contribution in [2.45, 2.75) is 25.3 Å². The summed E-state index contributed by atoms with van der Waals surface area (Å²) in [5.74, 6) is 0.963. The molecule has 0 atom stereocenters. The molecule has 5 nitrogen and oxygen atoms in total. The minimum atomic E-state index is -0.0344. The van der Waals surface area contributed by atoms with E-state index in [2.05, 4.69) is 21.8 Å². The number of aromatic nitrogens is 3. The van der Waals surface area contributed by atoms with Crippen LogP contribution < -0.4 is 10.6 Å². The minimum Gasteiger partial charge on any atom is -0.351 e. The minimum absolute atomic E-state index is 0.0344. The maximum absolute atomic E-state index is 6.30. The van der Waals surface area contributed by atoms with Crippen LogP contribution in [-0.2, 0) is 7.05 Å². The molecule has 1 saturated heterocycles. The van der Waals surface area contributed by atoms with E-state index in [1.165, 1.54) is 0 Å². The lowest BCUT2D eigenvalue weighted by molar-refractivity contribution is 0.306. The van der Waals surface area contributed by atoms with Gasteiger partial charge in [-0.25, -0.2) is 9.97 Å². The van der Waals surface area contributed by atoms with Gasteiger partial charge in [0.15, 0.2) is 5.82 Å². The van der Waals surface area contributed by atoms with Crippen molar-refractivity contribution in [3.8, 4) is 0 Å². The summed E-state index contributed by atoms with van der Waals surface area (Å²) in [4.78, 5) is 11.1. The maximum atomic E-state index is 6.30. The Labute approximate surface area is 107 Å². The SMILES string of the molecule is CCCC1(N)CN(c2nccc3c2ncn3C)C1. The van der Waals surface area contributed by atoms with Crippen LogP contribution in [0.2, 0.25) is 0 Å². The predicted octanol–water partition coefficient (Wildman–Crippen LogP) is 1.29. The Balaban J connectivity index is 1.89. The summed E-state index contributed by atoms with van der Waals surface area (Å²) in [6.07, 6.45) is 5.88. The Bertz CT molecular complexity index is 568. The van der Waals surface area contributed by atoms with E-state index in [4.69, 9.17) is 5.73 Å². The highest BCUT2D eigenvalue weighted by molar-refractivity contribution is 5.86. The van der Waals surface area contributed by atoms with Crippen LogP contribution in [0.3, 0.4) is 0 Å². The van der Waals surface area contributed by atoms with Gasteiger partial charge in [-0.05, 0) is 12.5 Å². The number of hydrogen-bond donors (Lipinski definition) is 1. The molecule has 0 aliphatic carbocycles. The third-order valence-corrected chi connectivity index (χ3v) is 3.68. The Hall–Kier alpha value is -1.62. The Kier molecular flexibility index (Phi) is 2.52. The van der Waals surface area contributed by atoms with Crippen LogP contribution in [0.5, 0.6) is 0 Å². The largest absolute Gasteiger partial charge is 0.351 e. The lowest BCUT2D eigenvalue weighted by atomic mass is 9.86. The number of fused-ring (bicyclic) bond motifs is 1. The van der Waals surface area contributed by atoms with E-state index in [-0.39, 0.29) is 5.54 Å². The molecule has 0 unspecified atom stereocenters. The molecule has 96 valence electrons. The van der Waals surface area contributed by atoms with E-state index in [1.807, 2.05) is 30.2 Å². The first-order valence-corrected chi connectivity index (χ1v) is 6.43. The zero-order valence-electron chi connectivity index (χ0n) is 10.9. The number of nitrogens with two attached hydrogens (primary N) is 1. The Morgan fingerprint density at radius 2 is 2.17 bits per heavy atom. The van der Waals surface area contributed by atoms with E-state index in [1.54, 1.807) is 0 Å². The third-order valence-electron chi connectivity index (χ3n) is 3.68. The Morgan fingerprint density at radius 3 is 2.89 bits per heavy atom. The molecule has 0 radical (unpaired) electrons. The van der Waals surface area contributed by atoms with Gasteiger partial charge in [-0.2, -0.15) is 0 Å². The standard InChI is InChI=1S/C13H19N5/c1-3-5-13(14)7-18(8-13)12-11-10(4-6-15-12)17(2)9-16-11/h4,6,9H,3,5,7-8,14H2,1-2H3. The smallest absolute Gasteiger partial charge is 0.156 e. The van der Waals surface area contributed by atoms with Crippen molar-refractivity contribution in [3.63, 3.8) is 0 Å². The van der Waals surface area contributed by atoms with Crippen molar-refractivity contribution >= 4 is 16.9 Å². The number of pyridine rings is 1. The summed E-state index contributed by atoms with van der Waals surface area (Å²) in [7, 11) is 2.00. The average Bonchev–Trinajstić information content (AvgIpc) is 2.69. The number of anilines is 1. The van der Waals surface area contributed by atoms with E-state index in [0.717, 1.165) is 42.8 Å². The van der Waals surface area contributed by atoms with Gasteiger partial charge in [0, 0.05) is 26.3 Å². The van der Waals surface area contributed by atoms with Gasteiger partial charge in [-0.1, -0.05) is 13.3 Å². The molecule has 5 heteroatoms. The highest BCUT2D eigenvalue weighted by Gasteiger charge is 2.39. The lowest BCUT2D eigenvalue weighted by Gasteiger charge is -2.48. The first kappa shape index (κ1) is 11.5. The second-order valence-corrected chi connectivity index (χ2v) is 5.33. The summed E-state index contributed by atoms with van der Waals surface area (Å²) in [6.45, 7) is 3.93. The number of aryl methyl sites for hydroxylation is 1. The molecule has 0 aromatic carbocycles. The molecular weight excluding hydrogens is 226 g/mol. The molecule has 3 heterocycles. The number of imidazole rings is 1. The van der Waals surface area contributed by atoms with Crippen molar-refractivity contribution in [2.24, 2.45) is 12.8 Å². The third kappa shape index (κ3) is 1.66. The molecule has 1 aliphatic heterocycles. The van der Waals surface area contributed by atoms with Crippen LogP contribution in [0.4, 0.5) is 5.82 Å². The summed E-state index contributed by atoms with van der Waals surface area (Å²) in [5, 5.41) is 0. The molecule has 2 aromatic rings. The molecule has 1 aliphatic rings. The summed E-state index contributed by atoms with van der Waals surface area (Å²) < 4.78 is 2.02. The van der Waals surface area contributed by atoms with Crippen LogP contribution in [0.25, 0.3) is 11.0 Å². The topological polar surface area (TPSA) is 60.0 Å². The molecule has 2 N–H and O–H groups in total. The Morgan fingerprint density at radius 1 is 1.39 bits per heavy atom. The van der Waals surface area contributed by atoms with Crippen LogP contribution in [-0.4, -0.2) is 33.2 Å². The van der Waals surface area contributed by atoms with Gasteiger partial charge in [0.1, 0.15) is 5.52 Å². The van der Waals surface area contributed by atoms with Gasteiger partial charge in [0.2, 0.25) is 0 Å². The predicted molar refractivity (Wildman–Crippen MR) is 72.5 cm³/mol. The maximum Gasteiger partial charge on any atom is 0.156 e. The summed E-state index contributed by atoms with van der Waals surface area (Å²) >= 11 is 0. The number of hydrogen-bond acceptors (Lipinski definition) is 4. The highest BCUT2D eigenvalue weighted by atomic mass is 15.3. The summed E-state index contributed by atoms with van der Waals surface area (Å²) in [5.41, 5.74) is 8.35. The highest BCUT2D eigenvalue weighted by Crippen LogP contribution is 2.31. The number of rotatable bonds is 3. The van der Waals surface area contributed by atoms with E-state index in [0.29, 0.717) is 0 Å². The molecule has 0 bridgehead atoms. The van der Waals surface area contributed by atoms with Crippen molar-refractivity contribution < 1.29 is 0 Å². The van der Waals surface area contributed by atoms with Gasteiger partial charge < -0.3 is 15.2 Å². The monoisotopic (exact) mass is 245 g/mol. The van der Waals surface area contributed by atoms with Crippen LogP contribution in [0.1, 0.15) is 19.8 Å². The van der Waals surface area contributed by atoms with Crippen molar-refractivity contribution in [1.82, 2.24) is 14.5 Å². The lowest BCUT2D eigenvalue weighted by Crippen LogP contribution is -2.67. The molecule has 1 fully saturated rings. The zero-order chi connectivity index (χ0) is 12.8. The van der Waals surface area contributed by atoms with Crippen LogP contribution in [0.15, 0.2) is 18.6 Å². The molecule has 3 rings (SSSR count). The average molecular weight is 245 g/mol. The molecular formula is C13H19N5. The second kappa shape index (κ2) is 3.95. The van der Waals surface area contributed by atoms with E-state index in [9.17, 15) is 0 Å². The number of nitrogens with zero attached hydrogens (tertiary/aromatic N) is 4. The second-order valence-electron chi connectivity index (χ2n) is 5.33. The first-order chi connectivity index (χ1) is 8.63. The van der Waals surface area contributed by atoms with Gasteiger partial charge in [-0.3, -0.25) is 0 Å². The van der Waals surface area contributed by atoms with E-state index >= 15 is 0 Å². The molecule has 0 amide bonds. The van der Waals surface area contributed by atoms with Gasteiger partial charge in [0.05, 0.1) is 17.4 Å². The summed E-state index contributed by atoms with van der Waals surface area (Å²) in [6, 6.07) is 1.99. The van der Waals surface area contributed by atoms with Crippen molar-refractivity contribution in [1.29, 1.82) is 0 Å². The van der Waals surface area contributed by atoms with Gasteiger partial charge >= 0.3 is 0 Å². The molecule has 2 aromatic heterocycles. The van der Waals surface area contributed by atoms with Crippen LogP contribution in [0, 0.1) is 0 Å². The quantitative estimate of drug-likeness (QED) is 0.885. The normalized spacial score (nSPS) is 18.1. The van der Waals surface area contributed by atoms with Gasteiger partial charge in [0.25, 0.3) is 0 Å². The first-order valence-electron chi connectivity index (χ1n) is 6.43. The fourth-order valence-corrected chi connectivity index (χ4v) is 2.80. The van der Waals surface area contributed by atoms with Crippen LogP contribution >= 0.6 is 0 Å². The zero-order valence-corrected chi connectivity index (χ0v) is 10.9. The van der Waals surface area contributed by atoms with Crippen molar-refractivity contribution in [2.75, 3.05) is 18.0 Å². The molecule has 0 spiro atoms. The van der Waals surface area contributed by atoms with E-state index < -0.39 is 0 Å². The van der Waals surface area contributed by atoms with Gasteiger partial charge in [-0.15, -0.1) is 0 Å². The van der Waals surface area contributed by atoms with Crippen molar-refractivity contribution in [3.05, 3.63) is 18.6 Å². The molecule has 18 heavy (non-hydrogen) atoms. The molecule has 0 saturated carbocycles.